The Morgan fingerprint density at radius 3 is 2.35 bits per heavy atom. The van der Waals surface area contributed by atoms with E-state index in [1.807, 2.05) is 12.1 Å². The number of guanidine groups is 1. The molecule has 0 aliphatic rings. The number of unbranched alkanes of at least 4 members (excludes halogenated alkanes) is 2. The molecule has 1 aromatic carbocycles. The third-order valence-electron chi connectivity index (χ3n) is 4.16. The molecule has 0 fully saturated rings. The molecule has 1 unspecified atom stereocenters. The number of aliphatic imine (C=N–C) groups is 1. The van der Waals surface area contributed by atoms with Crippen molar-refractivity contribution in [2.45, 2.75) is 59.0 Å². The first-order valence-electron chi connectivity index (χ1n) is 9.43. The van der Waals surface area contributed by atoms with Crippen molar-refractivity contribution in [3.05, 3.63) is 17.7 Å². The number of rotatable bonds is 11. The van der Waals surface area contributed by atoms with Gasteiger partial charge in [0.05, 0.1) is 27.9 Å². The van der Waals surface area contributed by atoms with Gasteiger partial charge in [0.1, 0.15) is 0 Å². The lowest BCUT2D eigenvalue weighted by Gasteiger charge is -2.18. The molecule has 6 heteroatoms. The topological polar surface area (TPSA) is 64.1 Å². The van der Waals surface area contributed by atoms with Crippen molar-refractivity contribution in [3.8, 4) is 17.2 Å². The molecular weight excluding hydrogens is 330 g/mol. The maximum absolute atomic E-state index is 5.53. The zero-order chi connectivity index (χ0) is 19.4. The van der Waals surface area contributed by atoms with Crippen molar-refractivity contribution in [3.63, 3.8) is 0 Å². The third-order valence-corrected chi connectivity index (χ3v) is 4.16. The molecule has 0 radical (unpaired) electrons. The highest BCUT2D eigenvalue weighted by molar-refractivity contribution is 5.80. The van der Waals surface area contributed by atoms with Gasteiger partial charge in [-0.2, -0.15) is 0 Å². The second-order valence-corrected chi connectivity index (χ2v) is 6.23. The molecule has 1 rings (SSSR count). The van der Waals surface area contributed by atoms with Gasteiger partial charge in [-0.3, -0.25) is 0 Å². The van der Waals surface area contributed by atoms with Crippen LogP contribution in [0.1, 0.15) is 52.0 Å². The van der Waals surface area contributed by atoms with Crippen LogP contribution in [0.15, 0.2) is 17.1 Å². The Hall–Kier alpha value is -2.11. The monoisotopic (exact) mass is 365 g/mol. The molecule has 26 heavy (non-hydrogen) atoms. The largest absolute Gasteiger partial charge is 0.493 e. The fourth-order valence-corrected chi connectivity index (χ4v) is 2.78. The Morgan fingerprint density at radius 1 is 1.04 bits per heavy atom. The fourth-order valence-electron chi connectivity index (χ4n) is 2.78. The number of nitrogens with zero attached hydrogens (tertiary/aromatic N) is 1. The predicted octanol–water partition coefficient (Wildman–Crippen LogP) is 3.74. The van der Waals surface area contributed by atoms with Gasteiger partial charge < -0.3 is 24.8 Å². The summed E-state index contributed by atoms with van der Waals surface area (Å²) in [5.41, 5.74) is 0.945. The molecule has 0 saturated carbocycles. The molecule has 0 amide bonds. The first kappa shape index (κ1) is 21.9. The van der Waals surface area contributed by atoms with Gasteiger partial charge in [0.25, 0.3) is 0 Å². The minimum atomic E-state index is 0.381. The smallest absolute Gasteiger partial charge is 0.203 e. The standard InChI is InChI=1S/C20H35N3O3/c1-7-9-10-11-15(3)23-20(21-8-2)22-14-16-12-13-17(24-4)19(26-6)18(16)25-5/h12-13,15H,7-11,14H2,1-6H3,(H2,21,22,23). The Balaban J connectivity index is 2.89. The van der Waals surface area contributed by atoms with Crippen LogP contribution in [-0.4, -0.2) is 39.9 Å². The summed E-state index contributed by atoms with van der Waals surface area (Å²) < 4.78 is 16.3. The maximum atomic E-state index is 5.53. The van der Waals surface area contributed by atoms with Crippen molar-refractivity contribution < 1.29 is 14.2 Å². The summed E-state index contributed by atoms with van der Waals surface area (Å²) in [6.45, 7) is 7.78. The second kappa shape index (κ2) is 12.3. The molecule has 1 atom stereocenters. The molecule has 0 spiro atoms. The van der Waals surface area contributed by atoms with Gasteiger partial charge in [-0.1, -0.05) is 26.2 Å². The van der Waals surface area contributed by atoms with Crippen molar-refractivity contribution in [1.29, 1.82) is 0 Å². The average molecular weight is 366 g/mol. The molecule has 0 aromatic heterocycles. The number of hydrogen-bond acceptors (Lipinski definition) is 4. The lowest BCUT2D eigenvalue weighted by atomic mass is 10.1. The minimum Gasteiger partial charge on any atom is -0.493 e. The minimum absolute atomic E-state index is 0.381. The zero-order valence-electron chi connectivity index (χ0n) is 17.1. The van der Waals surface area contributed by atoms with Crippen LogP contribution in [0.2, 0.25) is 0 Å². The van der Waals surface area contributed by atoms with E-state index in [4.69, 9.17) is 19.2 Å². The van der Waals surface area contributed by atoms with Crippen LogP contribution in [0.4, 0.5) is 0 Å². The van der Waals surface area contributed by atoms with E-state index in [2.05, 4.69) is 31.4 Å². The van der Waals surface area contributed by atoms with E-state index in [0.29, 0.717) is 29.8 Å². The summed E-state index contributed by atoms with van der Waals surface area (Å²) >= 11 is 0. The normalized spacial score (nSPS) is 12.5. The van der Waals surface area contributed by atoms with Crippen LogP contribution in [0.25, 0.3) is 0 Å². The zero-order valence-corrected chi connectivity index (χ0v) is 17.1. The van der Waals surface area contributed by atoms with Gasteiger partial charge in [-0.15, -0.1) is 0 Å². The summed E-state index contributed by atoms with van der Waals surface area (Å²) in [6, 6.07) is 4.21. The highest BCUT2D eigenvalue weighted by atomic mass is 16.5. The first-order chi connectivity index (χ1) is 12.6. The number of methoxy groups -OCH3 is 3. The third kappa shape index (κ3) is 6.65. The quantitative estimate of drug-likeness (QED) is 0.355. The molecule has 2 N–H and O–H groups in total. The van der Waals surface area contributed by atoms with Gasteiger partial charge >= 0.3 is 0 Å². The van der Waals surface area contributed by atoms with Gasteiger partial charge in [0, 0.05) is 18.2 Å². The number of nitrogens with one attached hydrogen (secondary N) is 2. The lowest BCUT2D eigenvalue weighted by Crippen LogP contribution is -2.42. The highest BCUT2D eigenvalue weighted by Gasteiger charge is 2.15. The molecule has 0 aliphatic heterocycles. The predicted molar refractivity (Wildman–Crippen MR) is 108 cm³/mol. The molecule has 0 bridgehead atoms. The lowest BCUT2D eigenvalue weighted by molar-refractivity contribution is 0.322. The van der Waals surface area contributed by atoms with Gasteiger partial charge in [-0.25, -0.2) is 4.99 Å². The summed E-state index contributed by atoms with van der Waals surface area (Å²) in [5, 5.41) is 6.78. The van der Waals surface area contributed by atoms with Crippen molar-refractivity contribution in [2.24, 2.45) is 4.99 Å². The molecule has 6 nitrogen and oxygen atoms in total. The molecule has 0 saturated heterocycles. The maximum Gasteiger partial charge on any atom is 0.203 e. The SMILES string of the molecule is CCCCCC(C)NC(=NCc1ccc(OC)c(OC)c1OC)NCC. The van der Waals surface area contributed by atoms with Crippen LogP contribution >= 0.6 is 0 Å². The van der Waals surface area contributed by atoms with Crippen molar-refractivity contribution >= 4 is 5.96 Å². The first-order valence-corrected chi connectivity index (χ1v) is 9.43. The van der Waals surface area contributed by atoms with Gasteiger partial charge in [0.2, 0.25) is 5.75 Å². The molecule has 148 valence electrons. The summed E-state index contributed by atoms with van der Waals surface area (Å²) in [6.07, 6.45) is 4.87. The van der Waals surface area contributed by atoms with Crippen LogP contribution in [0.3, 0.4) is 0 Å². The van der Waals surface area contributed by atoms with Crippen molar-refractivity contribution in [1.82, 2.24) is 10.6 Å². The van der Waals surface area contributed by atoms with Crippen LogP contribution in [0.5, 0.6) is 17.2 Å². The fraction of sp³-hybridized carbons (Fsp3) is 0.650. The summed E-state index contributed by atoms with van der Waals surface area (Å²) in [5.74, 6) is 2.70. The van der Waals surface area contributed by atoms with Crippen LogP contribution in [-0.2, 0) is 6.54 Å². The van der Waals surface area contributed by atoms with E-state index in [9.17, 15) is 0 Å². The Bertz CT molecular complexity index is 561. The Labute approximate surface area is 158 Å². The van der Waals surface area contributed by atoms with E-state index in [1.54, 1.807) is 21.3 Å². The van der Waals surface area contributed by atoms with Gasteiger partial charge in [0.15, 0.2) is 17.5 Å². The highest BCUT2D eigenvalue weighted by Crippen LogP contribution is 2.39. The van der Waals surface area contributed by atoms with E-state index in [-0.39, 0.29) is 0 Å². The summed E-state index contributed by atoms with van der Waals surface area (Å²) in [4.78, 5) is 4.71. The average Bonchev–Trinajstić information content (AvgIpc) is 2.65. The van der Waals surface area contributed by atoms with Crippen molar-refractivity contribution in [2.75, 3.05) is 27.9 Å². The molecule has 0 heterocycles. The number of benzene rings is 1. The van der Waals surface area contributed by atoms with Crippen LogP contribution in [0, 0.1) is 0 Å². The van der Waals surface area contributed by atoms with E-state index in [1.165, 1.54) is 19.3 Å². The number of ether oxygens (including phenoxy) is 3. The van der Waals surface area contributed by atoms with E-state index in [0.717, 1.165) is 24.5 Å². The molecule has 0 aliphatic carbocycles. The Morgan fingerprint density at radius 2 is 1.77 bits per heavy atom. The Kier molecular flexibility index (Phi) is 10.4. The molecule has 1 aromatic rings. The van der Waals surface area contributed by atoms with Crippen LogP contribution < -0.4 is 24.8 Å². The summed E-state index contributed by atoms with van der Waals surface area (Å²) in [7, 11) is 4.85. The van der Waals surface area contributed by atoms with Gasteiger partial charge in [-0.05, 0) is 32.4 Å². The second-order valence-electron chi connectivity index (χ2n) is 6.23. The van der Waals surface area contributed by atoms with E-state index < -0.39 is 0 Å². The van der Waals surface area contributed by atoms with E-state index >= 15 is 0 Å². The number of hydrogen-bond donors (Lipinski definition) is 2. The molecular formula is C20H35N3O3.